The van der Waals surface area contributed by atoms with Crippen LogP contribution in [0.25, 0.3) is 0 Å². The van der Waals surface area contributed by atoms with Crippen molar-refractivity contribution < 1.29 is 17.9 Å². The highest BCUT2D eigenvalue weighted by molar-refractivity contribution is 7.91. The van der Waals surface area contributed by atoms with E-state index in [0.29, 0.717) is 24.5 Å². The molecule has 1 aliphatic rings. The largest absolute Gasteiger partial charge is 0.494 e. The Balaban J connectivity index is 1.63. The second-order valence-corrected chi connectivity index (χ2v) is 9.98. The van der Waals surface area contributed by atoms with Crippen LogP contribution in [0.1, 0.15) is 18.1 Å². The number of carbonyl (C=O) groups is 1. The van der Waals surface area contributed by atoms with Gasteiger partial charge in [0.05, 0.1) is 6.61 Å². The average molecular weight is 443 g/mol. The van der Waals surface area contributed by atoms with E-state index < -0.39 is 16.1 Å². The molecule has 0 aliphatic carbocycles. The molecule has 1 amide bonds. The van der Waals surface area contributed by atoms with E-state index in [1.54, 1.807) is 41.8 Å². The van der Waals surface area contributed by atoms with E-state index in [1.165, 1.54) is 4.31 Å². The molecule has 6 nitrogen and oxygen atoms in total. The molecule has 0 fully saturated rings. The highest BCUT2D eigenvalue weighted by Crippen LogP contribution is 2.31. The lowest BCUT2D eigenvalue weighted by atomic mass is 9.95. The van der Waals surface area contributed by atoms with Gasteiger partial charge in [-0.1, -0.05) is 30.3 Å². The van der Waals surface area contributed by atoms with Gasteiger partial charge in [0, 0.05) is 12.2 Å². The summed E-state index contributed by atoms with van der Waals surface area (Å²) in [7, 11) is -3.79. The van der Waals surface area contributed by atoms with Crippen LogP contribution in [0.15, 0.2) is 70.3 Å². The molecule has 0 bridgehead atoms. The highest BCUT2D eigenvalue weighted by atomic mass is 32.2. The van der Waals surface area contributed by atoms with Gasteiger partial charge in [-0.05, 0) is 60.2 Å². The summed E-state index contributed by atoms with van der Waals surface area (Å²) >= 11 is 1.15. The summed E-state index contributed by atoms with van der Waals surface area (Å²) in [4.78, 5) is 13.2. The van der Waals surface area contributed by atoms with Crippen molar-refractivity contribution in [3.63, 3.8) is 0 Å². The molecule has 2 heterocycles. The van der Waals surface area contributed by atoms with E-state index >= 15 is 0 Å². The third-order valence-electron chi connectivity index (χ3n) is 5.00. The van der Waals surface area contributed by atoms with Crippen LogP contribution in [0, 0.1) is 0 Å². The molecule has 30 heavy (non-hydrogen) atoms. The second kappa shape index (κ2) is 8.59. The Hall–Kier alpha value is -2.68. The number of carbonyl (C=O) groups excluding carboxylic acids is 1. The molecule has 0 saturated carbocycles. The molecule has 1 aromatic heterocycles. The standard InChI is InChI=1S/C22H22N2O4S2/c1-2-28-19-11-9-18(10-12-19)23-22(25)20-14-16-6-3-4-7-17(16)15-24(20)30(26,27)21-8-5-13-29-21/h3-13,20H,2,14-15H2,1H3,(H,23,25). The average Bonchev–Trinajstić information content (AvgIpc) is 3.30. The maximum Gasteiger partial charge on any atom is 0.253 e. The van der Waals surface area contributed by atoms with Crippen molar-refractivity contribution in [2.75, 3.05) is 11.9 Å². The summed E-state index contributed by atoms with van der Waals surface area (Å²) in [5.41, 5.74) is 2.50. The molecule has 1 N–H and O–H groups in total. The second-order valence-electron chi connectivity index (χ2n) is 6.92. The van der Waals surface area contributed by atoms with Gasteiger partial charge in [0.25, 0.3) is 10.0 Å². The van der Waals surface area contributed by atoms with E-state index in [4.69, 9.17) is 4.74 Å². The summed E-state index contributed by atoms with van der Waals surface area (Å²) in [6.07, 6.45) is 0.323. The molecule has 1 unspecified atom stereocenters. The van der Waals surface area contributed by atoms with Gasteiger partial charge in [-0.3, -0.25) is 4.79 Å². The number of hydrogen-bond donors (Lipinski definition) is 1. The van der Waals surface area contributed by atoms with Crippen LogP contribution in [-0.4, -0.2) is 31.3 Å². The van der Waals surface area contributed by atoms with Crippen molar-refractivity contribution >= 4 is 33.0 Å². The van der Waals surface area contributed by atoms with Crippen LogP contribution < -0.4 is 10.1 Å². The molecule has 4 rings (SSSR count). The van der Waals surface area contributed by atoms with E-state index in [9.17, 15) is 13.2 Å². The molecule has 2 aromatic carbocycles. The quantitative estimate of drug-likeness (QED) is 0.628. The number of amides is 1. The number of ether oxygens (including phenoxy) is 1. The van der Waals surface area contributed by atoms with Crippen LogP contribution >= 0.6 is 11.3 Å². The number of nitrogens with zero attached hydrogens (tertiary/aromatic N) is 1. The van der Waals surface area contributed by atoms with Crippen molar-refractivity contribution in [1.29, 1.82) is 0 Å². The zero-order valence-corrected chi connectivity index (χ0v) is 18.1. The van der Waals surface area contributed by atoms with Crippen molar-refractivity contribution in [2.24, 2.45) is 0 Å². The van der Waals surface area contributed by atoms with Gasteiger partial charge in [0.15, 0.2) is 0 Å². The SMILES string of the molecule is CCOc1ccc(NC(=O)C2Cc3ccccc3CN2S(=O)(=O)c2cccs2)cc1. The monoisotopic (exact) mass is 442 g/mol. The van der Waals surface area contributed by atoms with Crippen LogP contribution in [-0.2, 0) is 27.8 Å². The molecule has 1 atom stereocenters. The molecular formula is C22H22N2O4S2. The van der Waals surface area contributed by atoms with Gasteiger partial charge < -0.3 is 10.1 Å². The minimum absolute atomic E-state index is 0.164. The summed E-state index contributed by atoms with van der Waals surface area (Å²) < 4.78 is 33.5. The van der Waals surface area contributed by atoms with E-state index in [-0.39, 0.29) is 16.7 Å². The highest BCUT2D eigenvalue weighted by Gasteiger charge is 2.40. The first-order chi connectivity index (χ1) is 14.5. The van der Waals surface area contributed by atoms with Crippen LogP contribution in [0.3, 0.4) is 0 Å². The summed E-state index contributed by atoms with van der Waals surface area (Å²) in [6.45, 7) is 2.62. The fourth-order valence-electron chi connectivity index (χ4n) is 3.53. The Morgan fingerprint density at radius 1 is 1.10 bits per heavy atom. The molecule has 0 spiro atoms. The van der Waals surface area contributed by atoms with Crippen LogP contribution in [0.2, 0.25) is 0 Å². The topological polar surface area (TPSA) is 75.7 Å². The van der Waals surface area contributed by atoms with Gasteiger partial charge in [-0.15, -0.1) is 11.3 Å². The van der Waals surface area contributed by atoms with Crippen molar-refractivity contribution in [3.05, 3.63) is 77.2 Å². The normalized spacial score (nSPS) is 16.6. The molecule has 1 aliphatic heterocycles. The first-order valence-electron chi connectivity index (χ1n) is 9.65. The Morgan fingerprint density at radius 2 is 1.83 bits per heavy atom. The zero-order valence-electron chi connectivity index (χ0n) is 16.4. The molecule has 0 saturated heterocycles. The third-order valence-corrected chi connectivity index (χ3v) is 8.23. The van der Waals surface area contributed by atoms with Crippen molar-refractivity contribution in [2.45, 2.75) is 30.1 Å². The maximum atomic E-state index is 13.3. The van der Waals surface area contributed by atoms with Gasteiger partial charge >= 0.3 is 0 Å². The number of sulfonamides is 1. The first-order valence-corrected chi connectivity index (χ1v) is 12.0. The van der Waals surface area contributed by atoms with Gasteiger partial charge in [0.1, 0.15) is 16.0 Å². The summed E-state index contributed by atoms with van der Waals surface area (Å²) in [5.74, 6) is 0.359. The number of benzene rings is 2. The Morgan fingerprint density at radius 3 is 2.50 bits per heavy atom. The summed E-state index contributed by atoms with van der Waals surface area (Å²) in [5, 5.41) is 4.58. The fraction of sp³-hybridized carbons (Fsp3) is 0.227. The molecule has 0 radical (unpaired) electrons. The van der Waals surface area contributed by atoms with Crippen LogP contribution in [0.4, 0.5) is 5.69 Å². The number of hydrogen-bond acceptors (Lipinski definition) is 5. The Kier molecular flexibility index (Phi) is 5.90. The number of rotatable bonds is 6. The Bertz CT molecular complexity index is 1130. The van der Waals surface area contributed by atoms with Gasteiger partial charge in [-0.2, -0.15) is 4.31 Å². The van der Waals surface area contributed by atoms with E-state index in [0.717, 1.165) is 22.5 Å². The smallest absolute Gasteiger partial charge is 0.253 e. The number of nitrogens with one attached hydrogen (secondary N) is 1. The van der Waals surface area contributed by atoms with E-state index in [1.807, 2.05) is 31.2 Å². The van der Waals surface area contributed by atoms with Gasteiger partial charge in [-0.25, -0.2) is 8.42 Å². The minimum atomic E-state index is -3.79. The van der Waals surface area contributed by atoms with E-state index in [2.05, 4.69) is 5.32 Å². The Labute approximate surface area is 180 Å². The third kappa shape index (κ3) is 4.12. The maximum absolute atomic E-state index is 13.3. The summed E-state index contributed by atoms with van der Waals surface area (Å²) in [6, 6.07) is 17.1. The first kappa shape index (κ1) is 20.6. The molecule has 3 aromatic rings. The molecular weight excluding hydrogens is 420 g/mol. The molecule has 156 valence electrons. The van der Waals surface area contributed by atoms with Crippen molar-refractivity contribution in [1.82, 2.24) is 4.31 Å². The lowest BCUT2D eigenvalue weighted by Crippen LogP contribution is -2.50. The number of anilines is 1. The lowest BCUT2D eigenvalue weighted by Gasteiger charge is -2.34. The van der Waals surface area contributed by atoms with Crippen LogP contribution in [0.5, 0.6) is 5.75 Å². The predicted molar refractivity (Wildman–Crippen MR) is 117 cm³/mol. The number of thiophene rings is 1. The fourth-order valence-corrected chi connectivity index (χ4v) is 6.21. The lowest BCUT2D eigenvalue weighted by molar-refractivity contribution is -0.120. The zero-order chi connectivity index (χ0) is 21.1. The number of fused-ring (bicyclic) bond motifs is 1. The molecule has 8 heteroatoms. The predicted octanol–water partition coefficient (Wildman–Crippen LogP) is 3.90. The minimum Gasteiger partial charge on any atom is -0.494 e. The van der Waals surface area contributed by atoms with Crippen molar-refractivity contribution in [3.8, 4) is 5.75 Å². The van der Waals surface area contributed by atoms with Gasteiger partial charge in [0.2, 0.25) is 5.91 Å².